The number of aryl methyl sites for hydroxylation is 3. The van der Waals surface area contributed by atoms with Crippen LogP contribution >= 0.6 is 0 Å². The summed E-state index contributed by atoms with van der Waals surface area (Å²) in [5.41, 5.74) is 4.38. The van der Waals surface area contributed by atoms with Crippen molar-refractivity contribution in [2.24, 2.45) is 0 Å². The van der Waals surface area contributed by atoms with Crippen molar-refractivity contribution in [3.05, 3.63) is 64.9 Å². The SMILES string of the molecule is CCc1nc2ccc(F)cn2c1C(=O)Nc1cc(C)ccc1C. The van der Waals surface area contributed by atoms with Gasteiger partial charge in [-0.1, -0.05) is 19.1 Å². The van der Waals surface area contributed by atoms with E-state index in [-0.39, 0.29) is 5.91 Å². The molecule has 0 unspecified atom stereocenters. The van der Waals surface area contributed by atoms with E-state index >= 15 is 0 Å². The van der Waals surface area contributed by atoms with Crippen molar-refractivity contribution in [2.45, 2.75) is 27.2 Å². The van der Waals surface area contributed by atoms with Gasteiger partial charge in [-0.05, 0) is 49.6 Å². The van der Waals surface area contributed by atoms with Crippen molar-refractivity contribution in [1.82, 2.24) is 9.38 Å². The number of fused-ring (bicyclic) bond motifs is 1. The molecule has 1 aromatic carbocycles. The predicted octanol–water partition coefficient (Wildman–Crippen LogP) is 3.90. The van der Waals surface area contributed by atoms with Gasteiger partial charge >= 0.3 is 0 Å². The lowest BCUT2D eigenvalue weighted by atomic mass is 10.1. The minimum Gasteiger partial charge on any atom is -0.320 e. The molecule has 1 N–H and O–H groups in total. The van der Waals surface area contributed by atoms with Gasteiger partial charge in [0.05, 0.1) is 5.69 Å². The van der Waals surface area contributed by atoms with E-state index in [1.165, 1.54) is 16.7 Å². The average Bonchev–Trinajstić information content (AvgIpc) is 2.88. The summed E-state index contributed by atoms with van der Waals surface area (Å²) in [6.45, 7) is 5.83. The van der Waals surface area contributed by atoms with E-state index in [9.17, 15) is 9.18 Å². The highest BCUT2D eigenvalue weighted by atomic mass is 19.1. The number of amides is 1. The molecule has 2 heterocycles. The zero-order valence-electron chi connectivity index (χ0n) is 13.4. The van der Waals surface area contributed by atoms with Gasteiger partial charge in [0.15, 0.2) is 0 Å². The number of pyridine rings is 1. The molecule has 0 aliphatic rings. The number of benzene rings is 1. The Hall–Kier alpha value is -2.69. The first-order valence-corrected chi connectivity index (χ1v) is 7.54. The fourth-order valence-electron chi connectivity index (χ4n) is 2.61. The number of halogens is 1. The monoisotopic (exact) mass is 311 g/mol. The van der Waals surface area contributed by atoms with Gasteiger partial charge in [0.2, 0.25) is 0 Å². The van der Waals surface area contributed by atoms with Crippen molar-refractivity contribution < 1.29 is 9.18 Å². The Morgan fingerprint density at radius 1 is 1.26 bits per heavy atom. The van der Waals surface area contributed by atoms with E-state index < -0.39 is 5.82 Å². The van der Waals surface area contributed by atoms with Crippen LogP contribution in [0.15, 0.2) is 36.5 Å². The van der Waals surface area contributed by atoms with Crippen LogP contribution in [0.2, 0.25) is 0 Å². The van der Waals surface area contributed by atoms with Crippen LogP contribution in [0, 0.1) is 19.7 Å². The number of nitrogens with zero attached hydrogens (tertiary/aromatic N) is 2. The summed E-state index contributed by atoms with van der Waals surface area (Å²) >= 11 is 0. The highest BCUT2D eigenvalue weighted by Crippen LogP contribution is 2.20. The maximum absolute atomic E-state index is 13.6. The number of rotatable bonds is 3. The lowest BCUT2D eigenvalue weighted by Gasteiger charge is -2.10. The van der Waals surface area contributed by atoms with Crippen molar-refractivity contribution in [1.29, 1.82) is 0 Å². The Balaban J connectivity index is 2.06. The normalized spacial score (nSPS) is 11.0. The summed E-state index contributed by atoms with van der Waals surface area (Å²) in [5, 5.41) is 2.92. The number of hydrogen-bond donors (Lipinski definition) is 1. The molecule has 0 radical (unpaired) electrons. The third-order valence-corrected chi connectivity index (χ3v) is 3.85. The van der Waals surface area contributed by atoms with Crippen LogP contribution in [0.3, 0.4) is 0 Å². The van der Waals surface area contributed by atoms with Gasteiger partial charge in [-0.15, -0.1) is 0 Å². The van der Waals surface area contributed by atoms with Crippen molar-refractivity contribution in [3.8, 4) is 0 Å². The first-order chi connectivity index (χ1) is 11.0. The summed E-state index contributed by atoms with van der Waals surface area (Å²) in [6, 6.07) is 8.78. The summed E-state index contributed by atoms with van der Waals surface area (Å²) in [7, 11) is 0. The standard InChI is InChI=1S/C18H18FN3O/c1-4-14-17(22-10-13(19)7-8-16(22)20-14)18(23)21-15-9-11(2)5-6-12(15)3/h5-10H,4H2,1-3H3,(H,21,23). The number of carbonyl (C=O) groups is 1. The molecule has 0 fully saturated rings. The molecule has 5 heteroatoms. The van der Waals surface area contributed by atoms with Crippen LogP contribution in [-0.4, -0.2) is 15.3 Å². The first kappa shape index (κ1) is 15.2. The van der Waals surface area contributed by atoms with Crippen LogP contribution in [0.4, 0.5) is 10.1 Å². The molecule has 3 rings (SSSR count). The second kappa shape index (κ2) is 5.83. The van der Waals surface area contributed by atoms with E-state index in [0.29, 0.717) is 23.5 Å². The number of aromatic nitrogens is 2. The lowest BCUT2D eigenvalue weighted by molar-refractivity contribution is 0.102. The number of imidazole rings is 1. The zero-order chi connectivity index (χ0) is 16.6. The molecule has 0 atom stereocenters. The third kappa shape index (κ3) is 2.82. The van der Waals surface area contributed by atoms with E-state index in [0.717, 1.165) is 16.8 Å². The van der Waals surface area contributed by atoms with Gasteiger partial charge in [-0.3, -0.25) is 9.20 Å². The van der Waals surface area contributed by atoms with Gasteiger partial charge in [0.25, 0.3) is 5.91 Å². The number of nitrogens with one attached hydrogen (secondary N) is 1. The largest absolute Gasteiger partial charge is 0.320 e. The van der Waals surface area contributed by atoms with Gasteiger partial charge in [0, 0.05) is 11.9 Å². The number of hydrogen-bond acceptors (Lipinski definition) is 2. The molecule has 4 nitrogen and oxygen atoms in total. The fourth-order valence-corrected chi connectivity index (χ4v) is 2.61. The van der Waals surface area contributed by atoms with Crippen molar-refractivity contribution >= 4 is 17.2 Å². The van der Waals surface area contributed by atoms with Crippen LogP contribution in [0.25, 0.3) is 5.65 Å². The average molecular weight is 311 g/mol. The molecule has 3 aromatic rings. The van der Waals surface area contributed by atoms with Gasteiger partial charge < -0.3 is 5.32 Å². The number of anilines is 1. The van der Waals surface area contributed by atoms with Crippen LogP contribution < -0.4 is 5.32 Å². The van der Waals surface area contributed by atoms with Crippen LogP contribution in [-0.2, 0) is 6.42 Å². The molecule has 2 aromatic heterocycles. The predicted molar refractivity (Wildman–Crippen MR) is 88.4 cm³/mol. The number of carbonyl (C=O) groups excluding carboxylic acids is 1. The summed E-state index contributed by atoms with van der Waals surface area (Å²) in [6.07, 6.45) is 1.89. The van der Waals surface area contributed by atoms with Crippen molar-refractivity contribution in [2.75, 3.05) is 5.32 Å². The molecule has 0 saturated heterocycles. The Morgan fingerprint density at radius 2 is 2.04 bits per heavy atom. The van der Waals surface area contributed by atoms with Crippen LogP contribution in [0.5, 0.6) is 0 Å². The Labute approximate surface area is 134 Å². The van der Waals surface area contributed by atoms with Gasteiger partial charge in [-0.2, -0.15) is 0 Å². The molecule has 0 aliphatic heterocycles. The van der Waals surface area contributed by atoms with Crippen LogP contribution in [0.1, 0.15) is 34.2 Å². The molecule has 0 bridgehead atoms. The van der Waals surface area contributed by atoms with Gasteiger partial charge in [-0.25, -0.2) is 9.37 Å². The van der Waals surface area contributed by atoms with E-state index in [1.54, 1.807) is 6.07 Å². The van der Waals surface area contributed by atoms with E-state index in [2.05, 4.69) is 10.3 Å². The highest BCUT2D eigenvalue weighted by Gasteiger charge is 2.19. The fraction of sp³-hybridized carbons (Fsp3) is 0.222. The van der Waals surface area contributed by atoms with E-state index in [1.807, 2.05) is 39.0 Å². The summed E-state index contributed by atoms with van der Waals surface area (Å²) < 4.78 is 15.1. The lowest BCUT2D eigenvalue weighted by Crippen LogP contribution is -2.17. The van der Waals surface area contributed by atoms with E-state index in [4.69, 9.17) is 0 Å². The third-order valence-electron chi connectivity index (χ3n) is 3.85. The minimum absolute atomic E-state index is 0.284. The highest BCUT2D eigenvalue weighted by molar-refractivity contribution is 6.05. The molecular formula is C18H18FN3O. The quantitative estimate of drug-likeness (QED) is 0.797. The Morgan fingerprint density at radius 3 is 2.78 bits per heavy atom. The summed E-state index contributed by atoms with van der Waals surface area (Å²) in [4.78, 5) is 17.2. The maximum atomic E-state index is 13.6. The molecule has 0 spiro atoms. The summed E-state index contributed by atoms with van der Waals surface area (Å²) in [5.74, 6) is -0.688. The van der Waals surface area contributed by atoms with Gasteiger partial charge in [0.1, 0.15) is 17.2 Å². The Bertz CT molecular complexity index is 899. The second-order valence-electron chi connectivity index (χ2n) is 5.61. The molecule has 0 aliphatic carbocycles. The first-order valence-electron chi connectivity index (χ1n) is 7.54. The minimum atomic E-state index is -0.404. The molecule has 118 valence electrons. The maximum Gasteiger partial charge on any atom is 0.274 e. The molecular weight excluding hydrogens is 293 g/mol. The molecule has 0 saturated carbocycles. The smallest absolute Gasteiger partial charge is 0.274 e. The Kier molecular flexibility index (Phi) is 3.86. The zero-order valence-corrected chi connectivity index (χ0v) is 13.4. The van der Waals surface area contributed by atoms with Crippen molar-refractivity contribution in [3.63, 3.8) is 0 Å². The molecule has 23 heavy (non-hydrogen) atoms. The molecule has 1 amide bonds. The second-order valence-corrected chi connectivity index (χ2v) is 5.61. The topological polar surface area (TPSA) is 46.4 Å².